The average molecular weight is 450 g/mol. The normalized spacial score (nSPS) is 24.3. The summed E-state index contributed by atoms with van der Waals surface area (Å²) in [5.74, 6) is 0.771. The molecule has 166 valence electrons. The van der Waals surface area contributed by atoms with Gasteiger partial charge >= 0.3 is 0 Å². The summed E-state index contributed by atoms with van der Waals surface area (Å²) >= 11 is 1.34. The number of nitrogen functional groups attached to an aromatic ring is 1. The minimum Gasteiger partial charge on any atom is -0.491 e. The molecule has 1 amide bonds. The van der Waals surface area contributed by atoms with Crippen LogP contribution < -0.4 is 26.0 Å². The SMILES string of the molecule is Cc1cnc2sc(C(=O)N[C@H]3COc4cc(N5CC6CCC(C5)N6)ccc4C3)c(N)c2c1. The fraction of sp³-hybridized carbons (Fsp3) is 0.417. The van der Waals surface area contributed by atoms with Gasteiger partial charge in [-0.25, -0.2) is 4.98 Å². The molecule has 0 saturated carbocycles. The number of amides is 1. The minimum absolute atomic E-state index is 0.0878. The van der Waals surface area contributed by atoms with Crippen LogP contribution in [-0.4, -0.2) is 48.7 Å². The molecule has 1 aromatic carbocycles. The van der Waals surface area contributed by atoms with Crippen molar-refractivity contribution in [1.29, 1.82) is 0 Å². The summed E-state index contributed by atoms with van der Waals surface area (Å²) in [6.07, 6.45) is 5.08. The molecule has 5 heterocycles. The van der Waals surface area contributed by atoms with Gasteiger partial charge in [-0.3, -0.25) is 4.79 Å². The Morgan fingerprint density at radius 2 is 2.09 bits per heavy atom. The molecular formula is C24H27N5O2S. The summed E-state index contributed by atoms with van der Waals surface area (Å²) in [6.45, 7) is 4.53. The van der Waals surface area contributed by atoms with Crippen LogP contribution in [0.25, 0.3) is 10.2 Å². The van der Waals surface area contributed by atoms with Crippen molar-refractivity contribution < 1.29 is 9.53 Å². The van der Waals surface area contributed by atoms with Gasteiger partial charge in [0.2, 0.25) is 0 Å². The number of thiophene rings is 1. The summed E-state index contributed by atoms with van der Waals surface area (Å²) in [6, 6.07) is 9.59. The molecule has 0 radical (unpaired) electrons. The third kappa shape index (κ3) is 3.47. The first-order valence-corrected chi connectivity index (χ1v) is 12.1. The molecule has 6 rings (SSSR count). The van der Waals surface area contributed by atoms with Crippen LogP contribution in [0, 0.1) is 6.92 Å². The molecule has 3 atom stereocenters. The van der Waals surface area contributed by atoms with Crippen LogP contribution in [0.5, 0.6) is 5.75 Å². The number of ether oxygens (including phenoxy) is 1. The largest absolute Gasteiger partial charge is 0.491 e. The number of aromatic nitrogens is 1. The maximum absolute atomic E-state index is 13.0. The zero-order valence-corrected chi connectivity index (χ0v) is 18.9. The minimum atomic E-state index is -0.159. The number of hydrogen-bond donors (Lipinski definition) is 3. The van der Waals surface area contributed by atoms with Crippen molar-refractivity contribution in [3.63, 3.8) is 0 Å². The topological polar surface area (TPSA) is 92.5 Å². The van der Waals surface area contributed by atoms with E-state index in [2.05, 4.69) is 38.7 Å². The number of hydrogen-bond acceptors (Lipinski definition) is 7. The van der Waals surface area contributed by atoms with E-state index >= 15 is 0 Å². The van der Waals surface area contributed by atoms with E-state index in [-0.39, 0.29) is 11.9 Å². The van der Waals surface area contributed by atoms with Crippen molar-refractivity contribution in [2.75, 3.05) is 30.3 Å². The highest BCUT2D eigenvalue weighted by atomic mass is 32.1. The molecule has 2 bridgehead atoms. The number of rotatable bonds is 3. The van der Waals surface area contributed by atoms with Gasteiger partial charge in [-0.05, 0) is 49.4 Å². The van der Waals surface area contributed by atoms with Gasteiger partial charge in [0.15, 0.2) is 0 Å². The van der Waals surface area contributed by atoms with Gasteiger partial charge in [0.25, 0.3) is 5.91 Å². The number of benzene rings is 1. The fourth-order valence-corrected chi connectivity index (χ4v) is 6.13. The number of carbonyl (C=O) groups is 1. The first-order chi connectivity index (χ1) is 15.5. The van der Waals surface area contributed by atoms with E-state index in [1.165, 1.54) is 29.9 Å². The maximum atomic E-state index is 13.0. The molecule has 32 heavy (non-hydrogen) atoms. The highest BCUT2D eigenvalue weighted by Gasteiger charge is 2.33. The van der Waals surface area contributed by atoms with Gasteiger partial charge in [0.05, 0.1) is 11.7 Å². The molecule has 3 aromatic rings. The molecule has 0 aliphatic carbocycles. The van der Waals surface area contributed by atoms with E-state index < -0.39 is 0 Å². The number of nitrogens with two attached hydrogens (primary N) is 1. The van der Waals surface area contributed by atoms with E-state index in [1.807, 2.05) is 13.0 Å². The van der Waals surface area contributed by atoms with Gasteiger partial charge in [0, 0.05) is 48.5 Å². The summed E-state index contributed by atoms with van der Waals surface area (Å²) in [7, 11) is 0. The third-order valence-corrected chi connectivity index (χ3v) is 7.93. The van der Waals surface area contributed by atoms with E-state index in [0.29, 0.717) is 29.3 Å². The second-order valence-electron chi connectivity index (χ2n) is 9.23. The Bertz CT molecular complexity index is 1200. The van der Waals surface area contributed by atoms with Crippen LogP contribution in [0.3, 0.4) is 0 Å². The fourth-order valence-electron chi connectivity index (χ4n) is 5.18. The van der Waals surface area contributed by atoms with Crippen LogP contribution >= 0.6 is 11.3 Å². The van der Waals surface area contributed by atoms with Crippen LogP contribution in [0.4, 0.5) is 11.4 Å². The van der Waals surface area contributed by atoms with E-state index in [4.69, 9.17) is 10.5 Å². The molecule has 3 aliphatic heterocycles. The lowest BCUT2D eigenvalue weighted by Crippen LogP contribution is -2.51. The average Bonchev–Trinajstić information content (AvgIpc) is 3.31. The number of fused-ring (bicyclic) bond motifs is 4. The van der Waals surface area contributed by atoms with Crippen LogP contribution in [-0.2, 0) is 6.42 Å². The molecule has 2 fully saturated rings. The van der Waals surface area contributed by atoms with Crippen molar-refractivity contribution in [2.45, 2.75) is 44.3 Å². The standard InChI is InChI=1S/C24H27N5O2S/c1-13-6-19-21(25)22(32-24(19)26-9-13)23(30)28-17-7-14-2-5-18(8-20(14)31-12-17)29-10-15-3-4-16(11-29)27-15/h2,5-6,8-9,15-17,27H,3-4,7,10-12,25H2,1H3,(H,28,30)/t15?,16?,17-/m1/s1. The lowest BCUT2D eigenvalue weighted by atomic mass is 10.0. The third-order valence-electron chi connectivity index (χ3n) is 6.80. The Kier molecular flexibility index (Phi) is 4.73. The van der Waals surface area contributed by atoms with Gasteiger partial charge in [-0.2, -0.15) is 0 Å². The van der Waals surface area contributed by atoms with Gasteiger partial charge < -0.3 is 26.0 Å². The monoisotopic (exact) mass is 449 g/mol. The predicted molar refractivity (Wildman–Crippen MR) is 128 cm³/mol. The summed E-state index contributed by atoms with van der Waals surface area (Å²) in [4.78, 5) is 21.1. The summed E-state index contributed by atoms with van der Waals surface area (Å²) in [5, 5.41) is 7.64. The Balaban J connectivity index is 1.16. The number of aryl methyl sites for hydroxylation is 1. The Hall–Kier alpha value is -2.84. The number of anilines is 2. The van der Waals surface area contributed by atoms with Gasteiger partial charge in [-0.15, -0.1) is 11.3 Å². The highest BCUT2D eigenvalue weighted by Crippen LogP contribution is 2.34. The molecule has 2 aromatic heterocycles. The second-order valence-corrected chi connectivity index (χ2v) is 10.2. The van der Waals surface area contributed by atoms with Crippen LogP contribution in [0.15, 0.2) is 30.5 Å². The van der Waals surface area contributed by atoms with Gasteiger partial charge in [0.1, 0.15) is 22.1 Å². The molecule has 2 saturated heterocycles. The highest BCUT2D eigenvalue weighted by molar-refractivity contribution is 7.21. The zero-order valence-electron chi connectivity index (χ0n) is 18.1. The predicted octanol–water partition coefficient (Wildman–Crippen LogP) is 2.86. The molecule has 2 unspecified atom stereocenters. The Morgan fingerprint density at radius 3 is 2.91 bits per heavy atom. The Morgan fingerprint density at radius 1 is 1.28 bits per heavy atom. The number of nitrogens with zero attached hydrogens (tertiary/aromatic N) is 2. The molecule has 0 spiro atoms. The van der Waals surface area contributed by atoms with E-state index in [9.17, 15) is 4.79 Å². The van der Waals surface area contributed by atoms with Crippen LogP contribution in [0.1, 0.15) is 33.6 Å². The molecule has 4 N–H and O–H groups in total. The first kappa shape index (κ1) is 19.8. The molecule has 8 heteroatoms. The van der Waals surface area contributed by atoms with E-state index in [0.717, 1.165) is 46.6 Å². The lowest BCUT2D eigenvalue weighted by Gasteiger charge is -2.35. The molecular weight excluding hydrogens is 422 g/mol. The number of carbonyl (C=O) groups excluding carboxylic acids is 1. The zero-order chi connectivity index (χ0) is 21.8. The quantitative estimate of drug-likeness (QED) is 0.570. The molecule has 3 aliphatic rings. The molecule has 7 nitrogen and oxygen atoms in total. The summed E-state index contributed by atoms with van der Waals surface area (Å²) < 4.78 is 6.08. The number of piperazine rings is 1. The van der Waals surface area contributed by atoms with Crippen molar-refractivity contribution in [3.05, 3.63) is 46.5 Å². The smallest absolute Gasteiger partial charge is 0.263 e. The summed E-state index contributed by atoms with van der Waals surface area (Å²) in [5.41, 5.74) is 10.2. The van der Waals surface area contributed by atoms with E-state index in [1.54, 1.807) is 6.20 Å². The van der Waals surface area contributed by atoms with Crippen molar-refractivity contribution in [2.24, 2.45) is 0 Å². The van der Waals surface area contributed by atoms with Gasteiger partial charge in [-0.1, -0.05) is 6.07 Å². The van der Waals surface area contributed by atoms with Crippen molar-refractivity contribution >= 4 is 38.8 Å². The lowest BCUT2D eigenvalue weighted by molar-refractivity contribution is 0.0920. The number of pyridine rings is 1. The number of nitrogens with one attached hydrogen (secondary N) is 2. The van der Waals surface area contributed by atoms with Crippen molar-refractivity contribution in [1.82, 2.24) is 15.6 Å². The van der Waals surface area contributed by atoms with Crippen LogP contribution in [0.2, 0.25) is 0 Å². The van der Waals surface area contributed by atoms with Crippen molar-refractivity contribution in [3.8, 4) is 5.75 Å². The Labute approximate surface area is 191 Å². The first-order valence-electron chi connectivity index (χ1n) is 11.3. The maximum Gasteiger partial charge on any atom is 0.263 e. The second kappa shape index (κ2) is 7.64.